The van der Waals surface area contributed by atoms with Crippen molar-refractivity contribution in [2.45, 2.75) is 57.9 Å². The molecule has 1 aliphatic heterocycles. The van der Waals surface area contributed by atoms with E-state index in [-0.39, 0.29) is 23.3 Å². The van der Waals surface area contributed by atoms with Gasteiger partial charge in [-0.2, -0.15) is 22.0 Å². The summed E-state index contributed by atoms with van der Waals surface area (Å²) in [7, 11) is 0. The van der Waals surface area contributed by atoms with Crippen LogP contribution in [-0.2, 0) is 10.9 Å². The fourth-order valence-corrected chi connectivity index (χ4v) is 3.78. The molecule has 192 valence electrons. The second-order valence-corrected chi connectivity index (χ2v) is 9.25. The van der Waals surface area contributed by atoms with E-state index in [1.165, 1.54) is 12.1 Å². The number of piperidine rings is 1. The van der Waals surface area contributed by atoms with Crippen LogP contribution in [0.3, 0.4) is 0 Å². The number of hydrogen-bond donors (Lipinski definition) is 1. The van der Waals surface area contributed by atoms with E-state index in [0.717, 1.165) is 0 Å². The SMILES string of the molecule is CC(C)(C)OC(=O)N1CCC(c2ccc(Nc3ncc(C(F)(F)F)c(Cl)n3)c(OC(F)F)c2)CC1. The summed E-state index contributed by atoms with van der Waals surface area (Å²) in [5.41, 5.74) is -1.10. The fourth-order valence-electron chi connectivity index (χ4n) is 3.54. The number of nitrogens with zero attached hydrogens (tertiary/aromatic N) is 3. The minimum absolute atomic E-state index is 0.0241. The van der Waals surface area contributed by atoms with Crippen molar-refractivity contribution in [1.29, 1.82) is 0 Å². The third kappa shape index (κ3) is 7.30. The number of alkyl halides is 5. The standard InChI is InChI=1S/C22H24ClF5N4O3/c1-21(2,3)35-20(33)32-8-6-12(7-9-32)13-4-5-15(16(10-13)34-18(24)25)30-19-29-11-14(17(23)31-19)22(26,27)28/h4-5,10-12,18H,6-9H2,1-3H3,(H,29,30,31). The van der Waals surface area contributed by atoms with Crippen LogP contribution in [0.15, 0.2) is 24.4 Å². The molecule has 1 aliphatic rings. The number of carbonyl (C=O) groups is 1. The lowest BCUT2D eigenvalue weighted by atomic mass is 9.89. The number of aromatic nitrogens is 2. The van der Waals surface area contributed by atoms with Crippen molar-refractivity contribution < 1.29 is 36.2 Å². The molecule has 1 saturated heterocycles. The monoisotopic (exact) mass is 522 g/mol. The van der Waals surface area contributed by atoms with Gasteiger partial charge in [0.1, 0.15) is 22.1 Å². The van der Waals surface area contributed by atoms with Crippen molar-refractivity contribution in [3.05, 3.63) is 40.7 Å². The third-order valence-corrected chi connectivity index (χ3v) is 5.42. The Morgan fingerprint density at radius 3 is 2.40 bits per heavy atom. The van der Waals surface area contributed by atoms with Gasteiger partial charge in [0.15, 0.2) is 0 Å². The van der Waals surface area contributed by atoms with Crippen LogP contribution in [0, 0.1) is 0 Å². The Bertz CT molecular complexity index is 1050. The van der Waals surface area contributed by atoms with Gasteiger partial charge < -0.3 is 19.7 Å². The number of ether oxygens (including phenoxy) is 2. The highest BCUT2D eigenvalue weighted by Crippen LogP contribution is 2.37. The number of carbonyl (C=O) groups excluding carboxylic acids is 1. The highest BCUT2D eigenvalue weighted by Gasteiger charge is 2.35. The number of likely N-dealkylation sites (tertiary alicyclic amines) is 1. The van der Waals surface area contributed by atoms with Gasteiger partial charge >= 0.3 is 18.9 Å². The van der Waals surface area contributed by atoms with Crippen LogP contribution in [-0.4, -0.2) is 46.3 Å². The first kappa shape index (κ1) is 26.7. The van der Waals surface area contributed by atoms with Gasteiger partial charge in [-0.25, -0.2) is 14.8 Å². The van der Waals surface area contributed by atoms with Gasteiger partial charge in [0, 0.05) is 19.3 Å². The second-order valence-electron chi connectivity index (χ2n) is 8.90. The molecule has 2 heterocycles. The van der Waals surface area contributed by atoms with Gasteiger partial charge in [0.05, 0.1) is 5.69 Å². The second kappa shape index (κ2) is 10.4. The zero-order valence-electron chi connectivity index (χ0n) is 19.1. The van der Waals surface area contributed by atoms with Crippen molar-refractivity contribution >= 4 is 29.3 Å². The van der Waals surface area contributed by atoms with Crippen molar-refractivity contribution in [2.24, 2.45) is 0 Å². The van der Waals surface area contributed by atoms with Crippen LogP contribution in [0.25, 0.3) is 0 Å². The Balaban J connectivity index is 1.75. The first-order valence-electron chi connectivity index (χ1n) is 10.7. The average Bonchev–Trinajstić information content (AvgIpc) is 2.72. The van der Waals surface area contributed by atoms with E-state index < -0.39 is 35.2 Å². The fraction of sp³-hybridized carbons (Fsp3) is 0.500. The normalized spacial score (nSPS) is 15.3. The molecule has 0 spiro atoms. The highest BCUT2D eigenvalue weighted by molar-refractivity contribution is 6.30. The van der Waals surface area contributed by atoms with Crippen molar-refractivity contribution in [3.8, 4) is 5.75 Å². The van der Waals surface area contributed by atoms with E-state index in [9.17, 15) is 26.7 Å². The molecule has 0 aliphatic carbocycles. The van der Waals surface area contributed by atoms with Gasteiger partial charge in [-0.15, -0.1) is 0 Å². The molecule has 35 heavy (non-hydrogen) atoms. The molecule has 13 heteroatoms. The van der Waals surface area contributed by atoms with Gasteiger partial charge in [-0.3, -0.25) is 0 Å². The number of rotatable bonds is 5. The number of benzene rings is 1. The molecular formula is C22H24ClF5N4O3. The predicted octanol–water partition coefficient (Wildman–Crippen LogP) is 6.61. The Hall–Kier alpha value is -2.89. The lowest BCUT2D eigenvalue weighted by Gasteiger charge is -2.33. The lowest BCUT2D eigenvalue weighted by Crippen LogP contribution is -2.41. The summed E-state index contributed by atoms with van der Waals surface area (Å²) in [5, 5.41) is 1.74. The van der Waals surface area contributed by atoms with Crippen molar-refractivity contribution in [1.82, 2.24) is 14.9 Å². The Labute approximate surface area is 203 Å². The van der Waals surface area contributed by atoms with E-state index in [1.54, 1.807) is 31.7 Å². The molecule has 3 rings (SSSR count). The molecule has 0 unspecified atom stereocenters. The molecule has 0 bridgehead atoms. The Kier molecular flexibility index (Phi) is 7.93. The number of anilines is 2. The number of nitrogens with one attached hydrogen (secondary N) is 1. The van der Waals surface area contributed by atoms with Crippen LogP contribution in [0.4, 0.5) is 38.4 Å². The lowest BCUT2D eigenvalue weighted by molar-refractivity contribution is -0.137. The van der Waals surface area contributed by atoms with Crippen LogP contribution >= 0.6 is 11.6 Å². The zero-order valence-corrected chi connectivity index (χ0v) is 19.9. The number of hydrogen-bond acceptors (Lipinski definition) is 6. The summed E-state index contributed by atoms with van der Waals surface area (Å²) in [6, 6.07) is 4.55. The highest BCUT2D eigenvalue weighted by atomic mass is 35.5. The minimum Gasteiger partial charge on any atom is -0.444 e. The molecule has 0 atom stereocenters. The summed E-state index contributed by atoms with van der Waals surface area (Å²) in [6.07, 6.45) is -3.49. The molecule has 2 aromatic rings. The van der Waals surface area contributed by atoms with Crippen LogP contribution in [0.1, 0.15) is 50.7 Å². The van der Waals surface area contributed by atoms with E-state index in [1.807, 2.05) is 0 Å². The quantitative estimate of drug-likeness (QED) is 0.352. The van der Waals surface area contributed by atoms with Crippen LogP contribution in [0.2, 0.25) is 5.15 Å². The maximum atomic E-state index is 13.1. The maximum Gasteiger partial charge on any atom is 0.420 e. The molecule has 7 nitrogen and oxygen atoms in total. The third-order valence-electron chi connectivity index (χ3n) is 5.13. The van der Waals surface area contributed by atoms with Gasteiger partial charge in [0.2, 0.25) is 5.95 Å². The number of amides is 1. The minimum atomic E-state index is -4.74. The molecule has 1 aromatic heterocycles. The maximum absolute atomic E-state index is 13.1. The van der Waals surface area contributed by atoms with E-state index in [4.69, 9.17) is 16.3 Å². The van der Waals surface area contributed by atoms with Gasteiger partial charge in [-0.1, -0.05) is 17.7 Å². The zero-order chi connectivity index (χ0) is 26.0. The van der Waals surface area contributed by atoms with Crippen LogP contribution < -0.4 is 10.1 Å². The average molecular weight is 523 g/mol. The molecule has 1 fully saturated rings. The first-order chi connectivity index (χ1) is 16.2. The molecule has 0 saturated carbocycles. The topological polar surface area (TPSA) is 76.6 Å². The first-order valence-corrected chi connectivity index (χ1v) is 11.0. The molecule has 0 radical (unpaired) electrons. The van der Waals surface area contributed by atoms with Gasteiger partial charge in [-0.05, 0) is 57.2 Å². The predicted molar refractivity (Wildman–Crippen MR) is 118 cm³/mol. The smallest absolute Gasteiger partial charge is 0.420 e. The summed E-state index contributed by atoms with van der Waals surface area (Å²) in [5.74, 6) is -0.577. The number of halogens is 6. The van der Waals surface area contributed by atoms with E-state index in [2.05, 4.69) is 20.0 Å². The van der Waals surface area contributed by atoms with Crippen molar-refractivity contribution in [2.75, 3.05) is 18.4 Å². The van der Waals surface area contributed by atoms with E-state index >= 15 is 0 Å². The van der Waals surface area contributed by atoms with Crippen LogP contribution in [0.5, 0.6) is 5.75 Å². The summed E-state index contributed by atoms with van der Waals surface area (Å²) >= 11 is 5.60. The Morgan fingerprint density at radius 1 is 1.20 bits per heavy atom. The summed E-state index contributed by atoms with van der Waals surface area (Å²) < 4.78 is 74.7. The Morgan fingerprint density at radius 2 is 1.86 bits per heavy atom. The summed E-state index contributed by atoms with van der Waals surface area (Å²) in [4.78, 5) is 21.0. The molecule has 1 aromatic carbocycles. The van der Waals surface area contributed by atoms with Crippen molar-refractivity contribution in [3.63, 3.8) is 0 Å². The summed E-state index contributed by atoms with van der Waals surface area (Å²) in [6.45, 7) is 3.06. The van der Waals surface area contributed by atoms with E-state index in [0.29, 0.717) is 37.7 Å². The molecular weight excluding hydrogens is 499 g/mol. The van der Waals surface area contributed by atoms with Gasteiger partial charge in [0.25, 0.3) is 0 Å². The molecule has 1 N–H and O–H groups in total. The molecule has 1 amide bonds. The largest absolute Gasteiger partial charge is 0.444 e.